The van der Waals surface area contributed by atoms with Crippen LogP contribution < -0.4 is 14.2 Å². The molecule has 1 N–H and O–H groups in total. The average Bonchev–Trinajstić information content (AvgIpc) is 3.13. The molecule has 0 saturated carbocycles. The van der Waals surface area contributed by atoms with Crippen molar-refractivity contribution in [1.29, 1.82) is 0 Å². The predicted molar refractivity (Wildman–Crippen MR) is 124 cm³/mol. The maximum Gasteiger partial charge on any atom is 0.232 e. The highest BCUT2D eigenvalue weighted by Gasteiger charge is 2.34. The summed E-state index contributed by atoms with van der Waals surface area (Å²) in [6, 6.07) is 6.93. The Balaban J connectivity index is 1.99. The van der Waals surface area contributed by atoms with E-state index in [1.807, 2.05) is 0 Å². The molecule has 8 nitrogen and oxygen atoms in total. The summed E-state index contributed by atoms with van der Waals surface area (Å²) in [5.74, 6) is 1.60. The molecule has 0 atom stereocenters. The van der Waals surface area contributed by atoms with Crippen molar-refractivity contribution in [2.24, 2.45) is 0 Å². The lowest BCUT2D eigenvalue weighted by Gasteiger charge is -2.23. The third-order valence-electron chi connectivity index (χ3n) is 5.55. The molecule has 33 heavy (non-hydrogen) atoms. The molecule has 1 heterocycles. The molecule has 0 aliphatic carbocycles. The number of fused-ring (bicyclic) bond motifs is 1. The van der Waals surface area contributed by atoms with E-state index in [0.29, 0.717) is 72.4 Å². The number of phenols is 1. The van der Waals surface area contributed by atoms with Gasteiger partial charge in [-0.1, -0.05) is 0 Å². The number of ether oxygens (including phenoxy) is 5. The van der Waals surface area contributed by atoms with Crippen molar-refractivity contribution in [2.75, 3.05) is 54.7 Å². The fourth-order valence-corrected chi connectivity index (χ4v) is 3.76. The zero-order valence-corrected chi connectivity index (χ0v) is 19.8. The van der Waals surface area contributed by atoms with E-state index in [1.54, 1.807) is 65.7 Å². The van der Waals surface area contributed by atoms with Crippen LogP contribution in [0.4, 0.5) is 0 Å². The number of carbonyl (C=O) groups excluding carboxylic acids is 1. The molecule has 178 valence electrons. The van der Waals surface area contributed by atoms with Crippen LogP contribution in [-0.4, -0.2) is 70.5 Å². The SMILES string of the molecule is COCCN(CCOC)Cc1c(O)cc(C)c2c1O/C(=C/c1cc(OC)ccc1OC)C2=O. The highest BCUT2D eigenvalue weighted by molar-refractivity contribution is 6.16. The Bertz CT molecular complexity index is 1020. The minimum absolute atomic E-state index is 0.0825. The van der Waals surface area contributed by atoms with E-state index in [1.165, 1.54) is 0 Å². The van der Waals surface area contributed by atoms with Crippen molar-refractivity contribution in [1.82, 2.24) is 4.90 Å². The number of aryl methyl sites for hydroxylation is 1. The van der Waals surface area contributed by atoms with Crippen LogP contribution in [0.3, 0.4) is 0 Å². The number of hydrogen-bond donors (Lipinski definition) is 1. The van der Waals surface area contributed by atoms with Gasteiger partial charge in [-0.2, -0.15) is 0 Å². The van der Waals surface area contributed by atoms with Crippen molar-refractivity contribution in [2.45, 2.75) is 13.5 Å². The number of ketones is 1. The second-order valence-corrected chi connectivity index (χ2v) is 7.70. The molecule has 2 aromatic carbocycles. The normalized spacial score (nSPS) is 14.0. The molecule has 0 unspecified atom stereocenters. The summed E-state index contributed by atoms with van der Waals surface area (Å²) in [5.41, 5.74) is 2.31. The molecule has 0 spiro atoms. The number of carbonyl (C=O) groups is 1. The molecular formula is C25H31NO7. The van der Waals surface area contributed by atoms with Gasteiger partial charge in [0.25, 0.3) is 0 Å². The number of nitrogens with zero attached hydrogens (tertiary/aromatic N) is 1. The predicted octanol–water partition coefficient (Wildman–Crippen LogP) is 3.43. The van der Waals surface area contributed by atoms with Crippen LogP contribution in [0.25, 0.3) is 6.08 Å². The average molecular weight is 458 g/mol. The van der Waals surface area contributed by atoms with Crippen molar-refractivity contribution >= 4 is 11.9 Å². The Morgan fingerprint density at radius 1 is 1.03 bits per heavy atom. The number of methoxy groups -OCH3 is 4. The molecule has 0 radical (unpaired) electrons. The van der Waals surface area contributed by atoms with Crippen LogP contribution in [-0.2, 0) is 16.0 Å². The second kappa shape index (κ2) is 11.2. The zero-order valence-electron chi connectivity index (χ0n) is 19.8. The molecule has 3 rings (SSSR count). The summed E-state index contributed by atoms with van der Waals surface area (Å²) in [4.78, 5) is 15.4. The lowest BCUT2D eigenvalue weighted by molar-refractivity contribution is 0.101. The van der Waals surface area contributed by atoms with Crippen LogP contribution in [0.1, 0.15) is 27.0 Å². The van der Waals surface area contributed by atoms with Crippen LogP contribution in [0.15, 0.2) is 30.0 Å². The van der Waals surface area contributed by atoms with Gasteiger partial charge >= 0.3 is 0 Å². The number of phenolic OH excluding ortho intramolecular Hbond substituents is 1. The van der Waals surface area contributed by atoms with E-state index in [9.17, 15) is 9.90 Å². The van der Waals surface area contributed by atoms with Crippen LogP contribution >= 0.6 is 0 Å². The standard InChI is InChI=1S/C25H31NO7/c1-16-12-20(27)19(15-26(8-10-29-2)9-11-30-3)25-23(16)24(28)22(33-25)14-17-13-18(31-4)6-7-21(17)32-5/h6-7,12-14,27H,8-11,15H2,1-5H3/b22-14+. The van der Waals surface area contributed by atoms with Crippen LogP contribution in [0.2, 0.25) is 0 Å². The first-order valence-corrected chi connectivity index (χ1v) is 10.6. The number of rotatable bonds is 11. The summed E-state index contributed by atoms with van der Waals surface area (Å²) in [6.07, 6.45) is 1.64. The summed E-state index contributed by atoms with van der Waals surface area (Å²) in [5, 5.41) is 10.7. The van der Waals surface area contributed by atoms with Crippen molar-refractivity contribution in [3.8, 4) is 23.0 Å². The molecule has 1 aliphatic rings. The van der Waals surface area contributed by atoms with Gasteiger partial charge in [0.2, 0.25) is 5.78 Å². The van der Waals surface area contributed by atoms with E-state index >= 15 is 0 Å². The molecule has 0 fully saturated rings. The maximum absolute atomic E-state index is 13.3. The quantitative estimate of drug-likeness (QED) is 0.514. The van der Waals surface area contributed by atoms with Gasteiger partial charge in [0.05, 0.1) is 38.6 Å². The molecule has 0 saturated heterocycles. The molecule has 0 amide bonds. The molecular weight excluding hydrogens is 426 g/mol. The highest BCUT2D eigenvalue weighted by atomic mass is 16.5. The molecule has 0 aromatic heterocycles. The lowest BCUT2D eigenvalue weighted by Crippen LogP contribution is -2.30. The van der Waals surface area contributed by atoms with Gasteiger partial charge in [-0.25, -0.2) is 0 Å². The number of aromatic hydroxyl groups is 1. The smallest absolute Gasteiger partial charge is 0.232 e. The Morgan fingerprint density at radius 2 is 1.73 bits per heavy atom. The highest BCUT2D eigenvalue weighted by Crippen LogP contribution is 2.42. The molecule has 2 aromatic rings. The lowest BCUT2D eigenvalue weighted by atomic mass is 9.99. The summed E-state index contributed by atoms with van der Waals surface area (Å²) >= 11 is 0. The Morgan fingerprint density at radius 3 is 2.33 bits per heavy atom. The van der Waals surface area contributed by atoms with E-state index in [2.05, 4.69) is 4.90 Å². The number of benzene rings is 2. The maximum atomic E-state index is 13.3. The first kappa shape index (κ1) is 24.6. The zero-order chi connectivity index (χ0) is 24.0. The fraction of sp³-hybridized carbons (Fsp3) is 0.400. The Labute approximate surface area is 194 Å². The Hall–Kier alpha value is -3.07. The van der Waals surface area contributed by atoms with Crippen molar-refractivity contribution in [3.05, 3.63) is 52.3 Å². The first-order valence-electron chi connectivity index (χ1n) is 10.6. The molecule has 0 bridgehead atoms. The second-order valence-electron chi connectivity index (χ2n) is 7.70. The summed E-state index contributed by atoms with van der Waals surface area (Å²) < 4.78 is 27.2. The van der Waals surface area contributed by atoms with Crippen molar-refractivity contribution < 1.29 is 33.6 Å². The van der Waals surface area contributed by atoms with Gasteiger partial charge in [0.1, 0.15) is 23.0 Å². The van der Waals surface area contributed by atoms with E-state index in [0.717, 1.165) is 0 Å². The van der Waals surface area contributed by atoms with Gasteiger partial charge in [-0.3, -0.25) is 9.69 Å². The minimum atomic E-state index is -0.242. The van der Waals surface area contributed by atoms with Gasteiger partial charge in [0, 0.05) is 39.4 Å². The van der Waals surface area contributed by atoms with Crippen LogP contribution in [0.5, 0.6) is 23.0 Å². The summed E-state index contributed by atoms with van der Waals surface area (Å²) in [7, 11) is 6.41. The van der Waals surface area contributed by atoms with Gasteiger partial charge < -0.3 is 28.8 Å². The monoisotopic (exact) mass is 457 g/mol. The molecule has 8 heteroatoms. The minimum Gasteiger partial charge on any atom is -0.507 e. The fourth-order valence-electron chi connectivity index (χ4n) is 3.76. The van der Waals surface area contributed by atoms with Crippen molar-refractivity contribution in [3.63, 3.8) is 0 Å². The van der Waals surface area contributed by atoms with E-state index in [4.69, 9.17) is 23.7 Å². The topological polar surface area (TPSA) is 86.7 Å². The first-order chi connectivity index (χ1) is 15.9. The number of Topliss-reactive ketones (excluding diaryl/α,β-unsaturated/α-hetero) is 1. The molecule has 1 aliphatic heterocycles. The third-order valence-corrected chi connectivity index (χ3v) is 5.55. The van der Waals surface area contributed by atoms with E-state index < -0.39 is 0 Å². The van der Waals surface area contributed by atoms with Crippen LogP contribution in [0, 0.1) is 6.92 Å². The van der Waals surface area contributed by atoms with E-state index in [-0.39, 0.29) is 17.3 Å². The van der Waals surface area contributed by atoms with Gasteiger partial charge in [-0.15, -0.1) is 0 Å². The van der Waals surface area contributed by atoms with Gasteiger partial charge in [0.15, 0.2) is 5.76 Å². The number of allylic oxidation sites excluding steroid dienone is 1. The summed E-state index contributed by atoms with van der Waals surface area (Å²) in [6.45, 7) is 4.49. The largest absolute Gasteiger partial charge is 0.507 e. The Kier molecular flexibility index (Phi) is 8.32. The number of hydrogen-bond acceptors (Lipinski definition) is 8. The third kappa shape index (κ3) is 5.47. The van der Waals surface area contributed by atoms with Gasteiger partial charge in [-0.05, 0) is 42.8 Å².